The largest absolute Gasteiger partial charge is 0.294 e. The number of hydrogen-bond acceptors (Lipinski definition) is 2. The molecule has 114 valence electrons. The molecule has 0 bridgehead atoms. The summed E-state index contributed by atoms with van der Waals surface area (Å²) in [5.74, 6) is -0.0378. The molecular formula is C16H24ClIO2. The van der Waals surface area contributed by atoms with Crippen LogP contribution in [0.15, 0.2) is 0 Å². The van der Waals surface area contributed by atoms with Gasteiger partial charge in [0.1, 0.15) is 0 Å². The van der Waals surface area contributed by atoms with Gasteiger partial charge in [-0.25, -0.2) is 0 Å². The van der Waals surface area contributed by atoms with Gasteiger partial charge in [0.05, 0.1) is 0 Å². The molecule has 0 unspecified atom stereocenters. The smallest absolute Gasteiger partial charge is 0.252 e. The van der Waals surface area contributed by atoms with E-state index in [0.717, 1.165) is 14.7 Å². The molecule has 0 aliphatic rings. The van der Waals surface area contributed by atoms with Crippen LogP contribution in [0.5, 0.6) is 0 Å². The van der Waals surface area contributed by atoms with Gasteiger partial charge >= 0.3 is 0 Å². The summed E-state index contributed by atoms with van der Waals surface area (Å²) >= 11 is 7.70. The molecule has 20 heavy (non-hydrogen) atoms. The summed E-state index contributed by atoms with van der Waals surface area (Å²) in [6, 6.07) is 0. The zero-order valence-corrected chi connectivity index (χ0v) is 16.5. The monoisotopic (exact) mass is 410 g/mol. The Labute approximate surface area is 141 Å². The van der Waals surface area contributed by atoms with E-state index >= 15 is 0 Å². The quantitative estimate of drug-likeness (QED) is 0.348. The van der Waals surface area contributed by atoms with Crippen LogP contribution >= 0.6 is 34.2 Å². The number of hydrogen-bond donors (Lipinski definition) is 0. The van der Waals surface area contributed by atoms with E-state index in [1.165, 1.54) is 6.92 Å². The van der Waals surface area contributed by atoms with Gasteiger partial charge in [-0.2, -0.15) is 0 Å². The second kappa shape index (κ2) is 10.3. The third-order valence-corrected chi connectivity index (χ3v) is 4.32. The fraction of sp³-hybridized carbons (Fsp3) is 0.500. The predicted molar refractivity (Wildman–Crippen MR) is 96.3 cm³/mol. The van der Waals surface area contributed by atoms with E-state index in [2.05, 4.69) is 22.6 Å². The third-order valence-electron chi connectivity index (χ3n) is 2.78. The Kier molecular flexibility index (Phi) is 11.3. The topological polar surface area (TPSA) is 34.1 Å². The highest BCUT2D eigenvalue weighted by Gasteiger charge is 2.21. The highest BCUT2D eigenvalue weighted by molar-refractivity contribution is 14.1. The third kappa shape index (κ3) is 4.85. The molecule has 0 saturated heterocycles. The fourth-order valence-electron chi connectivity index (χ4n) is 1.82. The predicted octanol–water partition coefficient (Wildman–Crippen LogP) is 5.85. The minimum atomic E-state index is -0.503. The van der Waals surface area contributed by atoms with Crippen LogP contribution in [0, 0.1) is 24.3 Å². The Bertz CT molecular complexity index is 453. The minimum Gasteiger partial charge on any atom is -0.294 e. The Morgan fingerprint density at radius 2 is 1.25 bits per heavy atom. The first-order chi connectivity index (χ1) is 9.29. The van der Waals surface area contributed by atoms with Crippen LogP contribution in [0.4, 0.5) is 0 Å². The number of carbonyl (C=O) groups excluding carboxylic acids is 2. The van der Waals surface area contributed by atoms with E-state index in [1.54, 1.807) is 6.92 Å². The van der Waals surface area contributed by atoms with Crippen molar-refractivity contribution in [3.05, 3.63) is 31.4 Å². The molecular weight excluding hydrogens is 387 g/mol. The van der Waals surface area contributed by atoms with Crippen molar-refractivity contribution in [1.82, 2.24) is 0 Å². The van der Waals surface area contributed by atoms with Gasteiger partial charge in [-0.3, -0.25) is 9.59 Å². The molecule has 1 aromatic rings. The lowest BCUT2D eigenvalue weighted by atomic mass is 9.92. The minimum absolute atomic E-state index is 0.0378. The lowest BCUT2D eigenvalue weighted by molar-refractivity contribution is 0.101. The van der Waals surface area contributed by atoms with E-state index in [1.807, 2.05) is 41.5 Å². The van der Waals surface area contributed by atoms with Gasteiger partial charge in [-0.05, 0) is 78.6 Å². The summed E-state index contributed by atoms with van der Waals surface area (Å²) in [7, 11) is 0. The summed E-state index contributed by atoms with van der Waals surface area (Å²) in [6.45, 7) is 15.0. The normalized spacial score (nSPS) is 8.90. The average Bonchev–Trinajstić information content (AvgIpc) is 2.40. The number of Topliss-reactive ketones (excluding diaryl/α,β-unsaturated/α-hetero) is 1. The molecule has 0 aromatic heterocycles. The van der Waals surface area contributed by atoms with Crippen molar-refractivity contribution >= 4 is 45.2 Å². The molecule has 0 aliphatic carbocycles. The molecule has 0 saturated carbocycles. The lowest BCUT2D eigenvalue weighted by Crippen LogP contribution is -2.10. The number of halogens is 2. The maximum Gasteiger partial charge on any atom is 0.252 e. The molecule has 0 atom stereocenters. The molecule has 0 radical (unpaired) electrons. The first kappa shape index (κ1) is 21.9. The van der Waals surface area contributed by atoms with Gasteiger partial charge in [0.15, 0.2) is 5.78 Å². The van der Waals surface area contributed by atoms with Crippen molar-refractivity contribution in [2.24, 2.45) is 0 Å². The van der Waals surface area contributed by atoms with Crippen molar-refractivity contribution in [2.75, 3.05) is 0 Å². The first-order valence-electron chi connectivity index (χ1n) is 6.79. The second-order valence-corrected chi connectivity index (χ2v) is 5.19. The molecule has 0 heterocycles. The number of rotatable bonds is 2. The van der Waals surface area contributed by atoms with Gasteiger partial charge in [-0.1, -0.05) is 27.7 Å². The molecule has 0 fully saturated rings. The van der Waals surface area contributed by atoms with E-state index in [-0.39, 0.29) is 5.78 Å². The van der Waals surface area contributed by atoms with Crippen molar-refractivity contribution in [3.63, 3.8) is 0 Å². The zero-order valence-electron chi connectivity index (χ0n) is 13.6. The highest BCUT2D eigenvalue weighted by Crippen LogP contribution is 2.29. The van der Waals surface area contributed by atoms with E-state index < -0.39 is 5.24 Å². The molecule has 4 heteroatoms. The molecule has 1 aromatic carbocycles. The number of ketones is 1. The van der Waals surface area contributed by atoms with Gasteiger partial charge in [-0.15, -0.1) is 0 Å². The fourth-order valence-corrected chi connectivity index (χ4v) is 3.30. The van der Waals surface area contributed by atoms with E-state index in [0.29, 0.717) is 16.7 Å². The van der Waals surface area contributed by atoms with Crippen molar-refractivity contribution in [3.8, 4) is 0 Å². The van der Waals surface area contributed by atoms with Crippen molar-refractivity contribution in [2.45, 2.75) is 55.4 Å². The van der Waals surface area contributed by atoms with Gasteiger partial charge < -0.3 is 0 Å². The highest BCUT2D eigenvalue weighted by atomic mass is 127. The summed E-state index contributed by atoms with van der Waals surface area (Å²) in [5, 5.41) is -0.503. The molecule has 0 spiro atoms. The second-order valence-electron chi connectivity index (χ2n) is 3.77. The van der Waals surface area contributed by atoms with Gasteiger partial charge in [0.2, 0.25) is 0 Å². The molecule has 2 nitrogen and oxygen atoms in total. The van der Waals surface area contributed by atoms with E-state index in [9.17, 15) is 9.59 Å². The molecule has 0 aliphatic heterocycles. The molecule has 1 rings (SSSR count). The van der Waals surface area contributed by atoms with Crippen LogP contribution < -0.4 is 0 Å². The van der Waals surface area contributed by atoms with Crippen LogP contribution in [0.3, 0.4) is 0 Å². The standard InChI is InChI=1S/C12H12ClIO2.2C2H6/c1-5-6(2)11(14)10(8(4)15)7(3)9(5)12(13)16;2*1-2/h1-4H3;2*1-2H3. The Hall–Kier alpha value is -0.420. The maximum atomic E-state index is 11.6. The van der Waals surface area contributed by atoms with Crippen LogP contribution in [-0.4, -0.2) is 11.0 Å². The number of carbonyl (C=O) groups is 2. The van der Waals surface area contributed by atoms with Gasteiger partial charge in [0.25, 0.3) is 5.24 Å². The van der Waals surface area contributed by atoms with Crippen molar-refractivity contribution < 1.29 is 9.59 Å². The molecule has 0 N–H and O–H groups in total. The van der Waals surface area contributed by atoms with Crippen LogP contribution in [0.25, 0.3) is 0 Å². The summed E-state index contributed by atoms with van der Waals surface area (Å²) in [6.07, 6.45) is 0. The first-order valence-corrected chi connectivity index (χ1v) is 8.24. The summed E-state index contributed by atoms with van der Waals surface area (Å²) in [5.41, 5.74) is 3.55. The zero-order chi connectivity index (χ0) is 16.6. The Balaban J connectivity index is 0. The van der Waals surface area contributed by atoms with Gasteiger partial charge in [0, 0.05) is 14.7 Å². The van der Waals surface area contributed by atoms with Crippen LogP contribution in [0.1, 0.15) is 72.0 Å². The van der Waals surface area contributed by atoms with Crippen molar-refractivity contribution in [1.29, 1.82) is 0 Å². The molecule has 0 amide bonds. The van der Waals surface area contributed by atoms with Crippen LogP contribution in [-0.2, 0) is 0 Å². The Morgan fingerprint density at radius 3 is 1.55 bits per heavy atom. The maximum absolute atomic E-state index is 11.6. The SMILES string of the molecule is CC.CC.CC(=O)c1c(C)c(C(=O)Cl)c(C)c(C)c1I. The number of benzene rings is 1. The average molecular weight is 411 g/mol. The lowest BCUT2D eigenvalue weighted by Gasteiger charge is -2.15. The Morgan fingerprint density at radius 1 is 0.850 bits per heavy atom. The summed E-state index contributed by atoms with van der Waals surface area (Å²) in [4.78, 5) is 22.9. The van der Waals surface area contributed by atoms with Crippen LogP contribution in [0.2, 0.25) is 0 Å². The van der Waals surface area contributed by atoms with E-state index in [4.69, 9.17) is 11.6 Å². The summed E-state index contributed by atoms with van der Waals surface area (Å²) < 4.78 is 0.904.